The molecule has 1 heterocycles. The predicted octanol–water partition coefficient (Wildman–Crippen LogP) is 0.182. The average molecular weight is 233 g/mol. The first-order valence-corrected chi connectivity index (χ1v) is 6.16. The topological polar surface area (TPSA) is 71.1 Å². The molecule has 0 aliphatic carbocycles. The van der Waals surface area contributed by atoms with Crippen molar-refractivity contribution in [1.82, 2.24) is 9.71 Å². The highest BCUT2D eigenvalue weighted by molar-refractivity contribution is 7.88. The van der Waals surface area contributed by atoms with E-state index < -0.39 is 16.0 Å². The van der Waals surface area contributed by atoms with Crippen molar-refractivity contribution in [2.75, 3.05) is 24.7 Å². The fraction of sp³-hybridized carbons (Fsp3) is 0.375. The lowest BCUT2D eigenvalue weighted by Gasteiger charge is -2.06. The highest BCUT2D eigenvalue weighted by atomic mass is 32.2. The van der Waals surface area contributed by atoms with E-state index in [0.29, 0.717) is 12.2 Å². The molecule has 1 aromatic rings. The number of aromatic nitrogens is 1. The molecular formula is C8H12FN3O2S. The van der Waals surface area contributed by atoms with Crippen LogP contribution < -0.4 is 10.0 Å². The molecule has 0 spiro atoms. The Morgan fingerprint density at radius 1 is 1.47 bits per heavy atom. The van der Waals surface area contributed by atoms with Crippen LogP contribution in [0.25, 0.3) is 0 Å². The van der Waals surface area contributed by atoms with Gasteiger partial charge in [-0.25, -0.2) is 18.1 Å². The van der Waals surface area contributed by atoms with Crippen LogP contribution in [0.1, 0.15) is 0 Å². The molecule has 1 rings (SSSR count). The number of hydrogen-bond donors (Lipinski definition) is 2. The molecule has 0 unspecified atom stereocenters. The molecule has 5 nitrogen and oxygen atoms in total. The first-order valence-electron chi connectivity index (χ1n) is 4.27. The van der Waals surface area contributed by atoms with Crippen molar-refractivity contribution in [2.45, 2.75) is 0 Å². The van der Waals surface area contributed by atoms with Crippen molar-refractivity contribution in [3.63, 3.8) is 0 Å². The summed E-state index contributed by atoms with van der Waals surface area (Å²) in [7, 11) is -3.16. The monoisotopic (exact) mass is 233 g/mol. The summed E-state index contributed by atoms with van der Waals surface area (Å²) in [5.74, 6) is -0.573. The minimum Gasteiger partial charge on any atom is -0.384 e. The second-order valence-electron chi connectivity index (χ2n) is 2.96. The molecule has 0 radical (unpaired) electrons. The van der Waals surface area contributed by atoms with Gasteiger partial charge in [-0.2, -0.15) is 4.39 Å². The van der Waals surface area contributed by atoms with Gasteiger partial charge in [-0.15, -0.1) is 0 Å². The first kappa shape index (κ1) is 11.9. The van der Waals surface area contributed by atoms with Crippen LogP contribution in [0.15, 0.2) is 18.3 Å². The molecule has 0 saturated heterocycles. The zero-order valence-electron chi connectivity index (χ0n) is 8.20. The summed E-state index contributed by atoms with van der Waals surface area (Å²) in [6.07, 6.45) is 2.42. The minimum absolute atomic E-state index is 0.253. The van der Waals surface area contributed by atoms with E-state index in [0.717, 1.165) is 6.26 Å². The molecule has 0 aromatic carbocycles. The molecular weight excluding hydrogens is 221 g/mol. The third-order valence-corrected chi connectivity index (χ3v) is 2.27. The van der Waals surface area contributed by atoms with Crippen molar-refractivity contribution in [3.8, 4) is 0 Å². The van der Waals surface area contributed by atoms with Gasteiger partial charge in [0.05, 0.1) is 6.26 Å². The quantitative estimate of drug-likeness (QED) is 0.562. The standard InChI is InChI=1S/C8H12FN3O2S/c1-15(13,14)12-5-4-10-7-2-3-11-8(9)6-7/h2-3,6,12H,4-5H2,1H3,(H,10,11). The van der Waals surface area contributed by atoms with Crippen LogP contribution in [0.5, 0.6) is 0 Å². The van der Waals surface area contributed by atoms with Crippen molar-refractivity contribution in [1.29, 1.82) is 0 Å². The van der Waals surface area contributed by atoms with Crippen LogP contribution in [0.2, 0.25) is 0 Å². The Balaban J connectivity index is 2.32. The van der Waals surface area contributed by atoms with Gasteiger partial charge in [0.1, 0.15) is 0 Å². The van der Waals surface area contributed by atoms with Gasteiger partial charge < -0.3 is 5.32 Å². The first-order chi connectivity index (χ1) is 6.97. The van der Waals surface area contributed by atoms with Gasteiger partial charge in [0.25, 0.3) is 0 Å². The second-order valence-corrected chi connectivity index (χ2v) is 4.79. The van der Waals surface area contributed by atoms with Gasteiger partial charge in [-0.3, -0.25) is 0 Å². The number of anilines is 1. The zero-order chi connectivity index (χ0) is 11.3. The van der Waals surface area contributed by atoms with E-state index in [1.54, 1.807) is 6.07 Å². The van der Waals surface area contributed by atoms with Crippen LogP contribution in [-0.2, 0) is 10.0 Å². The van der Waals surface area contributed by atoms with Crippen LogP contribution in [0.4, 0.5) is 10.1 Å². The van der Waals surface area contributed by atoms with Crippen LogP contribution in [0, 0.1) is 5.95 Å². The molecule has 0 bridgehead atoms. The number of sulfonamides is 1. The second kappa shape index (κ2) is 5.04. The third kappa shape index (κ3) is 5.28. The van der Waals surface area contributed by atoms with Crippen molar-refractivity contribution in [2.24, 2.45) is 0 Å². The summed E-state index contributed by atoms with van der Waals surface area (Å²) in [5.41, 5.74) is 0.567. The van der Waals surface area contributed by atoms with Crippen LogP contribution in [0.3, 0.4) is 0 Å². The van der Waals surface area contributed by atoms with E-state index in [2.05, 4.69) is 15.0 Å². The lowest BCUT2D eigenvalue weighted by molar-refractivity contribution is 0.583. The highest BCUT2D eigenvalue weighted by Gasteiger charge is 1.99. The fourth-order valence-corrected chi connectivity index (χ4v) is 1.43. The molecule has 84 valence electrons. The van der Waals surface area contributed by atoms with E-state index in [-0.39, 0.29) is 6.54 Å². The summed E-state index contributed by atoms with van der Waals surface area (Å²) in [5, 5.41) is 2.85. The summed E-state index contributed by atoms with van der Waals surface area (Å²) >= 11 is 0. The third-order valence-electron chi connectivity index (χ3n) is 1.54. The summed E-state index contributed by atoms with van der Waals surface area (Å²) in [6, 6.07) is 2.84. The SMILES string of the molecule is CS(=O)(=O)NCCNc1ccnc(F)c1. The summed E-state index contributed by atoms with van der Waals surface area (Å²) < 4.78 is 36.3. The molecule has 0 saturated carbocycles. The smallest absolute Gasteiger partial charge is 0.214 e. The lowest BCUT2D eigenvalue weighted by Crippen LogP contribution is -2.27. The number of halogens is 1. The predicted molar refractivity (Wildman–Crippen MR) is 55.5 cm³/mol. The lowest BCUT2D eigenvalue weighted by atomic mass is 10.4. The Bertz CT molecular complexity index is 422. The van der Waals surface area contributed by atoms with E-state index in [4.69, 9.17) is 0 Å². The number of hydrogen-bond acceptors (Lipinski definition) is 4. The zero-order valence-corrected chi connectivity index (χ0v) is 9.01. The average Bonchev–Trinajstić information content (AvgIpc) is 2.11. The molecule has 15 heavy (non-hydrogen) atoms. The number of rotatable bonds is 5. The highest BCUT2D eigenvalue weighted by Crippen LogP contribution is 2.05. The number of nitrogens with one attached hydrogen (secondary N) is 2. The van der Waals surface area contributed by atoms with E-state index in [1.807, 2.05) is 0 Å². The largest absolute Gasteiger partial charge is 0.384 e. The number of pyridine rings is 1. The summed E-state index contributed by atoms with van der Waals surface area (Å²) in [6.45, 7) is 0.638. The normalized spacial score (nSPS) is 11.3. The Morgan fingerprint density at radius 3 is 2.80 bits per heavy atom. The van der Waals surface area contributed by atoms with Gasteiger partial charge in [0.2, 0.25) is 16.0 Å². The van der Waals surface area contributed by atoms with Gasteiger partial charge in [0.15, 0.2) is 0 Å². The molecule has 7 heteroatoms. The molecule has 0 aliphatic rings. The van der Waals surface area contributed by atoms with E-state index in [1.165, 1.54) is 12.3 Å². The fourth-order valence-electron chi connectivity index (χ4n) is 0.956. The Kier molecular flexibility index (Phi) is 3.98. The summed E-state index contributed by atoms with van der Waals surface area (Å²) in [4.78, 5) is 3.39. The maximum Gasteiger partial charge on any atom is 0.214 e. The number of nitrogens with zero attached hydrogens (tertiary/aromatic N) is 1. The van der Waals surface area contributed by atoms with Gasteiger partial charge in [-0.05, 0) is 6.07 Å². The Hall–Kier alpha value is -1.21. The molecule has 0 amide bonds. The van der Waals surface area contributed by atoms with Gasteiger partial charge >= 0.3 is 0 Å². The maximum atomic E-state index is 12.6. The Morgan fingerprint density at radius 2 is 2.20 bits per heavy atom. The van der Waals surface area contributed by atoms with Gasteiger partial charge in [-0.1, -0.05) is 0 Å². The molecule has 0 aliphatic heterocycles. The molecule has 2 N–H and O–H groups in total. The van der Waals surface area contributed by atoms with Crippen molar-refractivity contribution in [3.05, 3.63) is 24.3 Å². The van der Waals surface area contributed by atoms with Crippen molar-refractivity contribution < 1.29 is 12.8 Å². The van der Waals surface area contributed by atoms with Gasteiger partial charge in [0, 0.05) is 31.0 Å². The van der Waals surface area contributed by atoms with Crippen molar-refractivity contribution >= 4 is 15.7 Å². The molecule has 0 atom stereocenters. The van der Waals surface area contributed by atoms with E-state index in [9.17, 15) is 12.8 Å². The van der Waals surface area contributed by atoms with E-state index >= 15 is 0 Å². The van der Waals surface area contributed by atoms with Crippen LogP contribution in [-0.4, -0.2) is 32.7 Å². The maximum absolute atomic E-state index is 12.6. The molecule has 0 fully saturated rings. The molecule has 1 aromatic heterocycles. The Labute approximate surface area is 87.8 Å². The minimum atomic E-state index is -3.16. The van der Waals surface area contributed by atoms with Crippen LogP contribution >= 0.6 is 0 Å².